The second kappa shape index (κ2) is 4.72. The molecule has 0 aromatic heterocycles. The third-order valence-corrected chi connectivity index (χ3v) is 5.37. The normalized spacial score (nSPS) is 29.8. The fourth-order valence-corrected chi connectivity index (χ4v) is 3.55. The van der Waals surface area contributed by atoms with E-state index in [1.165, 1.54) is 6.42 Å². The molecule has 2 nitrogen and oxygen atoms in total. The molecule has 0 aromatic rings. The van der Waals surface area contributed by atoms with Crippen LogP contribution in [0.1, 0.15) is 19.3 Å². The highest BCUT2D eigenvalue weighted by molar-refractivity contribution is 6.59. The Labute approximate surface area is 81.6 Å². The Hall–Kier alpha value is -0.413. The van der Waals surface area contributed by atoms with E-state index in [4.69, 9.17) is 4.74 Å². The molecule has 0 amide bonds. The lowest BCUT2D eigenvalue weighted by atomic mass is 10.1. The van der Waals surface area contributed by atoms with Crippen LogP contribution in [-0.2, 0) is 9.53 Å². The van der Waals surface area contributed by atoms with Gasteiger partial charge in [-0.15, -0.1) is 0 Å². The molecule has 1 aliphatic heterocycles. The van der Waals surface area contributed by atoms with E-state index in [-0.39, 0.29) is 5.22 Å². The van der Waals surface area contributed by atoms with Crippen molar-refractivity contribution in [1.82, 2.24) is 0 Å². The predicted octanol–water partition coefficient (Wildman–Crippen LogP) is 1.71. The van der Waals surface area contributed by atoms with E-state index in [1.807, 2.05) is 6.08 Å². The van der Waals surface area contributed by atoms with Crippen LogP contribution in [-0.4, -0.2) is 26.9 Å². The van der Waals surface area contributed by atoms with Gasteiger partial charge in [-0.05, 0) is 25.3 Å². The Morgan fingerprint density at radius 2 is 2.15 bits per heavy atom. The molecule has 1 rings (SSSR count). The first-order chi connectivity index (χ1) is 6.21. The molecule has 0 aromatic carbocycles. The molecule has 74 valence electrons. The molecule has 0 saturated carbocycles. The molecule has 1 atom stereocenters. The molecule has 1 saturated heterocycles. The van der Waals surface area contributed by atoms with Crippen LogP contribution in [0.3, 0.4) is 0 Å². The lowest BCUT2D eigenvalue weighted by Crippen LogP contribution is -2.45. The van der Waals surface area contributed by atoms with Gasteiger partial charge in [0.15, 0.2) is 0 Å². The van der Waals surface area contributed by atoms with Crippen LogP contribution in [0.5, 0.6) is 0 Å². The molecular weight excluding hydrogens is 180 g/mol. The SMILES string of the molecule is C[SiH](C)C1(C=CC=O)CCCCO1. The average molecular weight is 198 g/mol. The Bertz CT molecular complexity index is 193. The molecule has 1 unspecified atom stereocenters. The number of aldehydes is 1. The Morgan fingerprint density at radius 3 is 2.62 bits per heavy atom. The molecular formula is C10H18O2Si. The second-order valence-electron chi connectivity index (χ2n) is 3.91. The van der Waals surface area contributed by atoms with Crippen LogP contribution in [0.2, 0.25) is 13.1 Å². The minimum Gasteiger partial charge on any atom is -0.375 e. The fourth-order valence-electron chi connectivity index (χ4n) is 1.82. The number of hydrogen-bond acceptors (Lipinski definition) is 2. The van der Waals surface area contributed by atoms with E-state index in [1.54, 1.807) is 6.08 Å². The Kier molecular flexibility index (Phi) is 3.87. The molecule has 0 spiro atoms. The lowest BCUT2D eigenvalue weighted by Gasteiger charge is -2.37. The minimum atomic E-state index is -0.887. The van der Waals surface area contributed by atoms with Gasteiger partial charge < -0.3 is 4.74 Å². The molecule has 0 radical (unpaired) electrons. The van der Waals surface area contributed by atoms with Crippen LogP contribution < -0.4 is 0 Å². The third kappa shape index (κ3) is 2.51. The van der Waals surface area contributed by atoms with Crippen LogP contribution >= 0.6 is 0 Å². The maximum atomic E-state index is 10.3. The van der Waals surface area contributed by atoms with Crippen LogP contribution in [0.4, 0.5) is 0 Å². The maximum Gasteiger partial charge on any atom is 0.142 e. The van der Waals surface area contributed by atoms with Gasteiger partial charge in [0.1, 0.15) is 6.29 Å². The zero-order chi connectivity index (χ0) is 9.73. The maximum absolute atomic E-state index is 10.3. The summed E-state index contributed by atoms with van der Waals surface area (Å²) in [6.07, 6.45) is 7.91. The monoisotopic (exact) mass is 198 g/mol. The van der Waals surface area contributed by atoms with Gasteiger partial charge in [0.25, 0.3) is 0 Å². The van der Waals surface area contributed by atoms with Crippen LogP contribution in [0, 0.1) is 0 Å². The van der Waals surface area contributed by atoms with Gasteiger partial charge in [-0.25, -0.2) is 0 Å². The van der Waals surface area contributed by atoms with Crippen molar-refractivity contribution < 1.29 is 9.53 Å². The van der Waals surface area contributed by atoms with Crippen molar-refractivity contribution in [1.29, 1.82) is 0 Å². The summed E-state index contributed by atoms with van der Waals surface area (Å²) >= 11 is 0. The molecule has 1 heterocycles. The zero-order valence-corrected chi connectivity index (χ0v) is 9.61. The Balaban J connectivity index is 2.72. The summed E-state index contributed by atoms with van der Waals surface area (Å²) < 4.78 is 5.85. The molecule has 13 heavy (non-hydrogen) atoms. The Morgan fingerprint density at radius 1 is 1.38 bits per heavy atom. The summed E-state index contributed by atoms with van der Waals surface area (Å²) in [6, 6.07) is 0. The number of carbonyl (C=O) groups is 1. The highest BCUT2D eigenvalue weighted by Gasteiger charge is 2.34. The number of hydrogen-bond donors (Lipinski definition) is 0. The van der Waals surface area contributed by atoms with E-state index < -0.39 is 8.80 Å². The lowest BCUT2D eigenvalue weighted by molar-refractivity contribution is -0.104. The van der Waals surface area contributed by atoms with Crippen LogP contribution in [0.25, 0.3) is 0 Å². The van der Waals surface area contributed by atoms with E-state index in [2.05, 4.69) is 13.1 Å². The van der Waals surface area contributed by atoms with E-state index in [0.717, 1.165) is 25.7 Å². The van der Waals surface area contributed by atoms with Crippen molar-refractivity contribution in [2.75, 3.05) is 6.61 Å². The van der Waals surface area contributed by atoms with Gasteiger partial charge in [0, 0.05) is 6.61 Å². The van der Waals surface area contributed by atoms with E-state index in [0.29, 0.717) is 0 Å². The van der Waals surface area contributed by atoms with Gasteiger partial charge in [-0.1, -0.05) is 19.2 Å². The standard InChI is InChI=1S/C10H18O2Si/c1-13(2)10(7-5-8-11)6-3-4-9-12-10/h5,7-8,13H,3-4,6,9H2,1-2H3. The number of ether oxygens (including phenoxy) is 1. The molecule has 0 bridgehead atoms. The van der Waals surface area contributed by atoms with Gasteiger partial charge in [-0.2, -0.15) is 0 Å². The van der Waals surface area contributed by atoms with Gasteiger partial charge in [-0.3, -0.25) is 4.79 Å². The molecule has 1 fully saturated rings. The summed E-state index contributed by atoms with van der Waals surface area (Å²) in [7, 11) is -0.887. The van der Waals surface area contributed by atoms with E-state index >= 15 is 0 Å². The van der Waals surface area contributed by atoms with Gasteiger partial charge >= 0.3 is 0 Å². The summed E-state index contributed by atoms with van der Waals surface area (Å²) in [5.41, 5.74) is 0. The minimum absolute atomic E-state index is 0.0425. The smallest absolute Gasteiger partial charge is 0.142 e. The first-order valence-corrected chi connectivity index (χ1v) is 7.87. The largest absolute Gasteiger partial charge is 0.375 e. The first kappa shape index (κ1) is 10.7. The average Bonchev–Trinajstić information content (AvgIpc) is 2.16. The van der Waals surface area contributed by atoms with Crippen molar-refractivity contribution in [3.05, 3.63) is 12.2 Å². The summed E-state index contributed by atoms with van der Waals surface area (Å²) in [6.45, 7) is 5.41. The molecule has 0 aliphatic carbocycles. The van der Waals surface area contributed by atoms with Crippen molar-refractivity contribution in [2.45, 2.75) is 37.6 Å². The zero-order valence-electron chi connectivity index (χ0n) is 8.45. The molecule has 1 aliphatic rings. The summed E-state index contributed by atoms with van der Waals surface area (Å²) in [5.74, 6) is 0. The molecule has 3 heteroatoms. The van der Waals surface area contributed by atoms with Crippen molar-refractivity contribution in [3.63, 3.8) is 0 Å². The summed E-state index contributed by atoms with van der Waals surface area (Å²) in [5, 5.41) is -0.0425. The van der Waals surface area contributed by atoms with Crippen molar-refractivity contribution in [3.8, 4) is 0 Å². The highest BCUT2D eigenvalue weighted by atomic mass is 28.3. The van der Waals surface area contributed by atoms with Gasteiger partial charge in [0.05, 0.1) is 14.0 Å². The molecule has 0 N–H and O–H groups in total. The van der Waals surface area contributed by atoms with Crippen molar-refractivity contribution in [2.24, 2.45) is 0 Å². The first-order valence-electron chi connectivity index (χ1n) is 4.98. The quantitative estimate of drug-likeness (QED) is 0.392. The highest BCUT2D eigenvalue weighted by Crippen LogP contribution is 2.28. The number of allylic oxidation sites excluding steroid dienone is 1. The fraction of sp³-hybridized carbons (Fsp3) is 0.700. The number of rotatable bonds is 3. The second-order valence-corrected chi connectivity index (χ2v) is 7.20. The topological polar surface area (TPSA) is 26.3 Å². The van der Waals surface area contributed by atoms with Crippen LogP contribution in [0.15, 0.2) is 12.2 Å². The number of carbonyl (C=O) groups excluding carboxylic acids is 1. The summed E-state index contributed by atoms with van der Waals surface area (Å²) in [4.78, 5) is 10.3. The van der Waals surface area contributed by atoms with Gasteiger partial charge in [0.2, 0.25) is 0 Å². The van der Waals surface area contributed by atoms with E-state index in [9.17, 15) is 4.79 Å². The predicted molar refractivity (Wildman–Crippen MR) is 56.6 cm³/mol. The van der Waals surface area contributed by atoms with Crippen molar-refractivity contribution >= 4 is 15.1 Å². The third-order valence-electron chi connectivity index (χ3n) is 2.77.